The van der Waals surface area contributed by atoms with Gasteiger partial charge < -0.3 is 5.32 Å². The van der Waals surface area contributed by atoms with Crippen molar-refractivity contribution >= 4 is 21.7 Å². The molecule has 0 aliphatic carbocycles. The predicted octanol–water partition coefficient (Wildman–Crippen LogP) is 2.97. The Bertz CT molecular complexity index is 824. The molecule has 0 atom stereocenters. The topological polar surface area (TPSA) is 84.3 Å². The maximum absolute atomic E-state index is 12.5. The number of sulfonamides is 1. The van der Waals surface area contributed by atoms with E-state index in [9.17, 15) is 13.2 Å². The summed E-state index contributed by atoms with van der Waals surface area (Å²) in [6, 6.07) is 7.73. The molecule has 0 unspecified atom stereocenters. The summed E-state index contributed by atoms with van der Waals surface area (Å²) < 4.78 is 28.1. The summed E-state index contributed by atoms with van der Waals surface area (Å²) in [6.45, 7) is 7.23. The molecule has 26 heavy (non-hydrogen) atoms. The molecule has 2 rings (SSSR count). The number of nitrogens with one attached hydrogen (secondary N) is 1. The van der Waals surface area contributed by atoms with E-state index < -0.39 is 10.0 Å². The number of carbonyl (C=O) groups excluding carboxylic acids is 1. The van der Waals surface area contributed by atoms with Gasteiger partial charge in [-0.3, -0.25) is 4.79 Å². The summed E-state index contributed by atoms with van der Waals surface area (Å²) in [6.07, 6.45) is 3.66. The Hall–Kier alpha value is -2.19. The molecule has 1 amide bonds. The third-order valence-electron chi connectivity index (χ3n) is 4.14. The molecular formula is C18H26N4O3S. The molecule has 0 bridgehead atoms. The van der Waals surface area contributed by atoms with Crippen LogP contribution in [0.2, 0.25) is 0 Å². The highest BCUT2D eigenvalue weighted by Crippen LogP contribution is 2.17. The molecule has 0 aliphatic heterocycles. The molecule has 8 heteroatoms. The highest BCUT2D eigenvalue weighted by atomic mass is 32.2. The van der Waals surface area contributed by atoms with Crippen LogP contribution in [0.25, 0.3) is 0 Å². The second kappa shape index (κ2) is 8.95. The minimum absolute atomic E-state index is 0.186. The number of unbranched alkanes of at least 4 members (excludes halogenated alkanes) is 1. The molecule has 0 radical (unpaired) electrons. The lowest BCUT2D eigenvalue weighted by atomic mass is 10.2. The number of aromatic nitrogens is 2. The van der Waals surface area contributed by atoms with Gasteiger partial charge >= 0.3 is 0 Å². The monoisotopic (exact) mass is 378 g/mol. The number of rotatable bonds is 9. The Morgan fingerprint density at radius 2 is 1.77 bits per heavy atom. The van der Waals surface area contributed by atoms with Gasteiger partial charge in [-0.15, -0.1) is 0 Å². The van der Waals surface area contributed by atoms with Crippen molar-refractivity contribution in [2.45, 2.75) is 45.1 Å². The van der Waals surface area contributed by atoms with E-state index in [1.165, 1.54) is 28.6 Å². The zero-order chi connectivity index (χ0) is 19.2. The maximum atomic E-state index is 12.5. The first-order chi connectivity index (χ1) is 12.4. The first-order valence-corrected chi connectivity index (χ1v) is 10.3. The molecule has 1 N–H and O–H groups in total. The van der Waals surface area contributed by atoms with Crippen molar-refractivity contribution in [1.29, 1.82) is 0 Å². The second-order valence-corrected chi connectivity index (χ2v) is 7.80. The van der Waals surface area contributed by atoms with Gasteiger partial charge in [-0.05, 0) is 30.7 Å². The molecule has 0 fully saturated rings. The van der Waals surface area contributed by atoms with Gasteiger partial charge in [0, 0.05) is 31.3 Å². The Labute approximate surface area is 155 Å². The summed E-state index contributed by atoms with van der Waals surface area (Å²) in [5, 5.41) is 7.02. The van der Waals surface area contributed by atoms with E-state index in [1.54, 1.807) is 30.8 Å². The number of anilines is 1. The molecule has 2 aromatic rings. The molecule has 0 aliphatic rings. The third-order valence-corrected chi connectivity index (χ3v) is 6.21. The molecule has 0 saturated heterocycles. The zero-order valence-electron chi connectivity index (χ0n) is 15.5. The van der Waals surface area contributed by atoms with Crippen LogP contribution in [0.5, 0.6) is 0 Å². The lowest BCUT2D eigenvalue weighted by Crippen LogP contribution is -2.30. The Kier molecular flexibility index (Phi) is 6.93. The summed E-state index contributed by atoms with van der Waals surface area (Å²) >= 11 is 0. The molecule has 7 nitrogen and oxygen atoms in total. The SMILES string of the molecule is CCCCn1nccc1NC(=O)c1ccc(S(=O)(=O)N(CC)CC)cc1. The number of carbonyl (C=O) groups is 1. The van der Waals surface area contributed by atoms with Crippen molar-refractivity contribution < 1.29 is 13.2 Å². The fourth-order valence-corrected chi connectivity index (χ4v) is 4.06. The summed E-state index contributed by atoms with van der Waals surface area (Å²) in [7, 11) is -3.52. The fourth-order valence-electron chi connectivity index (χ4n) is 2.60. The minimum atomic E-state index is -3.52. The number of aryl methyl sites for hydroxylation is 1. The standard InChI is InChI=1S/C18H26N4O3S/c1-4-7-14-22-17(12-13-19-22)20-18(23)15-8-10-16(11-9-15)26(24,25)21(5-2)6-3/h8-13H,4-7,14H2,1-3H3,(H,20,23). The lowest BCUT2D eigenvalue weighted by molar-refractivity contribution is 0.102. The van der Waals surface area contributed by atoms with E-state index in [0.29, 0.717) is 24.5 Å². The zero-order valence-corrected chi connectivity index (χ0v) is 16.3. The highest BCUT2D eigenvalue weighted by Gasteiger charge is 2.21. The van der Waals surface area contributed by atoms with Gasteiger partial charge in [-0.2, -0.15) is 9.40 Å². The van der Waals surface area contributed by atoms with E-state index in [0.717, 1.165) is 19.4 Å². The van der Waals surface area contributed by atoms with Gasteiger partial charge in [0.05, 0.1) is 11.1 Å². The van der Waals surface area contributed by atoms with E-state index >= 15 is 0 Å². The van der Waals surface area contributed by atoms with Crippen molar-refractivity contribution in [2.75, 3.05) is 18.4 Å². The van der Waals surface area contributed by atoms with Gasteiger partial charge in [-0.25, -0.2) is 13.1 Å². The fraction of sp³-hybridized carbons (Fsp3) is 0.444. The van der Waals surface area contributed by atoms with Crippen LogP contribution in [0.4, 0.5) is 5.82 Å². The number of amides is 1. The van der Waals surface area contributed by atoms with Crippen LogP contribution in [0.15, 0.2) is 41.4 Å². The first-order valence-electron chi connectivity index (χ1n) is 8.87. The van der Waals surface area contributed by atoms with Crippen molar-refractivity contribution in [3.05, 3.63) is 42.1 Å². The summed E-state index contributed by atoms with van der Waals surface area (Å²) in [5.41, 5.74) is 0.395. The molecular weight excluding hydrogens is 352 g/mol. The smallest absolute Gasteiger partial charge is 0.256 e. The van der Waals surface area contributed by atoms with E-state index in [4.69, 9.17) is 0 Å². The Morgan fingerprint density at radius 1 is 1.12 bits per heavy atom. The third kappa shape index (κ3) is 4.50. The summed E-state index contributed by atoms with van der Waals surface area (Å²) in [5.74, 6) is 0.332. The van der Waals surface area contributed by atoms with Crippen LogP contribution < -0.4 is 5.32 Å². The van der Waals surface area contributed by atoms with E-state index in [1.807, 2.05) is 0 Å². The molecule has 1 aromatic carbocycles. The number of hydrogen-bond acceptors (Lipinski definition) is 4. The molecule has 142 valence electrons. The Morgan fingerprint density at radius 3 is 2.35 bits per heavy atom. The van der Waals surface area contributed by atoms with Gasteiger partial charge in [0.2, 0.25) is 10.0 Å². The van der Waals surface area contributed by atoms with Crippen LogP contribution in [-0.4, -0.2) is 41.5 Å². The molecule has 1 heterocycles. The summed E-state index contributed by atoms with van der Waals surface area (Å²) in [4.78, 5) is 12.6. The van der Waals surface area contributed by atoms with Gasteiger partial charge in [-0.1, -0.05) is 27.2 Å². The van der Waals surface area contributed by atoms with Gasteiger partial charge in [0.25, 0.3) is 5.91 Å². The van der Waals surface area contributed by atoms with Gasteiger partial charge in [0.1, 0.15) is 5.82 Å². The number of hydrogen-bond donors (Lipinski definition) is 1. The van der Waals surface area contributed by atoms with Gasteiger partial charge in [0.15, 0.2) is 0 Å². The largest absolute Gasteiger partial charge is 0.307 e. The van der Waals surface area contributed by atoms with Crippen LogP contribution in [0.3, 0.4) is 0 Å². The van der Waals surface area contributed by atoms with Crippen LogP contribution >= 0.6 is 0 Å². The maximum Gasteiger partial charge on any atom is 0.256 e. The normalized spacial score (nSPS) is 11.7. The molecule has 1 aromatic heterocycles. The average molecular weight is 378 g/mol. The van der Waals surface area contributed by atoms with Crippen LogP contribution in [-0.2, 0) is 16.6 Å². The average Bonchev–Trinajstić information content (AvgIpc) is 3.07. The van der Waals surface area contributed by atoms with E-state index in [-0.39, 0.29) is 10.8 Å². The highest BCUT2D eigenvalue weighted by molar-refractivity contribution is 7.89. The first kappa shape index (κ1) is 20.1. The minimum Gasteiger partial charge on any atom is -0.307 e. The molecule has 0 spiro atoms. The Balaban J connectivity index is 2.13. The van der Waals surface area contributed by atoms with Crippen LogP contribution in [0, 0.1) is 0 Å². The van der Waals surface area contributed by atoms with Crippen molar-refractivity contribution in [3.63, 3.8) is 0 Å². The number of nitrogens with zero attached hydrogens (tertiary/aromatic N) is 3. The quantitative estimate of drug-likeness (QED) is 0.727. The van der Waals surface area contributed by atoms with Crippen molar-refractivity contribution in [2.24, 2.45) is 0 Å². The van der Waals surface area contributed by atoms with E-state index in [2.05, 4.69) is 17.3 Å². The second-order valence-electron chi connectivity index (χ2n) is 5.86. The van der Waals surface area contributed by atoms with Crippen LogP contribution in [0.1, 0.15) is 44.0 Å². The predicted molar refractivity (Wildman–Crippen MR) is 102 cm³/mol. The number of benzene rings is 1. The lowest BCUT2D eigenvalue weighted by Gasteiger charge is -2.18. The van der Waals surface area contributed by atoms with Crippen molar-refractivity contribution in [1.82, 2.24) is 14.1 Å². The molecule has 0 saturated carbocycles. The van der Waals surface area contributed by atoms with Crippen molar-refractivity contribution in [3.8, 4) is 0 Å².